The van der Waals surface area contributed by atoms with Gasteiger partial charge in [-0.3, -0.25) is 4.79 Å². The molecule has 9 heteroatoms. The Kier molecular flexibility index (Phi) is 5.78. The molecule has 0 radical (unpaired) electrons. The maximum atomic E-state index is 12.4. The number of thioether (sulfide) groups is 1. The molecule has 0 unspecified atom stereocenters. The van der Waals surface area contributed by atoms with Crippen LogP contribution in [0, 0.1) is 6.92 Å². The number of halogens is 1. The average Bonchev–Trinajstić information content (AvgIpc) is 2.64. The van der Waals surface area contributed by atoms with Crippen molar-refractivity contribution in [3.63, 3.8) is 0 Å². The number of hydrogen-bond donors (Lipinski definition) is 1. The zero-order valence-corrected chi connectivity index (χ0v) is 17.2. The number of sulfonamides is 1. The smallest absolute Gasteiger partial charge is 0.286 e. The summed E-state index contributed by atoms with van der Waals surface area (Å²) in [5, 5.41) is 3.65. The van der Waals surface area contributed by atoms with Crippen LogP contribution in [0.4, 0.5) is 11.4 Å². The van der Waals surface area contributed by atoms with Gasteiger partial charge in [-0.1, -0.05) is 41.6 Å². The van der Waals surface area contributed by atoms with Crippen LogP contribution in [0.15, 0.2) is 51.8 Å². The third kappa shape index (κ3) is 4.12. The fraction of sp³-hybridized carbons (Fsp3) is 0.222. The fourth-order valence-corrected chi connectivity index (χ4v) is 5.16. The van der Waals surface area contributed by atoms with Gasteiger partial charge in [-0.15, -0.1) is 4.40 Å². The third-order valence-electron chi connectivity index (χ3n) is 4.05. The van der Waals surface area contributed by atoms with Crippen LogP contribution in [0.2, 0.25) is 5.02 Å². The second-order valence-electron chi connectivity index (χ2n) is 5.81. The molecule has 1 aliphatic heterocycles. The van der Waals surface area contributed by atoms with Crippen LogP contribution < -0.4 is 10.2 Å². The summed E-state index contributed by atoms with van der Waals surface area (Å²) in [7, 11) is -3.78. The van der Waals surface area contributed by atoms with Crippen LogP contribution in [0.25, 0.3) is 0 Å². The Hall–Kier alpha value is -2.03. The van der Waals surface area contributed by atoms with Crippen molar-refractivity contribution in [2.75, 3.05) is 22.5 Å². The van der Waals surface area contributed by atoms with Gasteiger partial charge in [-0.25, -0.2) is 0 Å². The van der Waals surface area contributed by atoms with Crippen molar-refractivity contribution in [1.29, 1.82) is 0 Å². The number of benzene rings is 2. The number of para-hydroxylation sites is 1. The van der Waals surface area contributed by atoms with Gasteiger partial charge in [0.05, 0.1) is 11.4 Å². The number of nitrogens with zero attached hydrogens (tertiary/aromatic N) is 2. The molecule has 1 heterocycles. The topological polar surface area (TPSA) is 78.8 Å². The minimum absolute atomic E-state index is 0.0268. The SMILES string of the molecule is CCN1C(SCC(=O)Nc2cccc(Cl)c2C)=NS(=O)(=O)c2ccccc21. The van der Waals surface area contributed by atoms with Crippen LogP contribution in [0.5, 0.6) is 0 Å². The molecular weight excluding hydrogens is 406 g/mol. The standard InChI is InChI=1S/C18H18ClN3O3S2/c1-3-22-15-9-4-5-10-16(15)27(24,25)21-18(22)26-11-17(23)20-14-8-6-7-13(19)12(14)2/h4-10H,3,11H2,1-2H3,(H,20,23). The van der Waals surface area contributed by atoms with Gasteiger partial charge in [0.15, 0.2) is 5.17 Å². The number of fused-ring (bicyclic) bond motifs is 1. The summed E-state index contributed by atoms with van der Waals surface area (Å²) >= 11 is 7.15. The van der Waals surface area contributed by atoms with E-state index in [1.165, 1.54) is 6.07 Å². The van der Waals surface area contributed by atoms with Gasteiger partial charge < -0.3 is 10.2 Å². The van der Waals surface area contributed by atoms with Crippen molar-refractivity contribution in [3.05, 3.63) is 53.1 Å². The molecule has 0 saturated carbocycles. The van der Waals surface area contributed by atoms with E-state index in [0.717, 1.165) is 17.3 Å². The Bertz CT molecular complexity index is 1020. The quantitative estimate of drug-likeness (QED) is 0.806. The molecule has 0 bridgehead atoms. The van der Waals surface area contributed by atoms with Gasteiger partial charge in [0.25, 0.3) is 10.0 Å². The molecule has 27 heavy (non-hydrogen) atoms. The molecule has 3 rings (SSSR count). The minimum atomic E-state index is -3.78. The molecular formula is C18H18ClN3O3S2. The van der Waals surface area contributed by atoms with E-state index in [1.54, 1.807) is 41.3 Å². The number of hydrogen-bond acceptors (Lipinski definition) is 5. The van der Waals surface area contributed by atoms with E-state index in [0.29, 0.717) is 22.9 Å². The fourth-order valence-electron chi connectivity index (χ4n) is 2.67. The van der Waals surface area contributed by atoms with Crippen LogP contribution >= 0.6 is 23.4 Å². The summed E-state index contributed by atoms with van der Waals surface area (Å²) in [4.78, 5) is 14.3. The average molecular weight is 424 g/mol. The molecule has 0 aromatic heterocycles. The lowest BCUT2D eigenvalue weighted by atomic mass is 10.2. The molecule has 0 spiro atoms. The van der Waals surface area contributed by atoms with E-state index in [4.69, 9.17) is 11.6 Å². The van der Waals surface area contributed by atoms with Crippen LogP contribution in [0.3, 0.4) is 0 Å². The van der Waals surface area contributed by atoms with Crippen molar-refractivity contribution in [2.24, 2.45) is 4.40 Å². The normalized spacial score (nSPS) is 15.1. The van der Waals surface area contributed by atoms with Crippen molar-refractivity contribution in [3.8, 4) is 0 Å². The number of carbonyl (C=O) groups excluding carboxylic acids is 1. The second-order valence-corrected chi connectivity index (χ2v) is 8.73. The van der Waals surface area contributed by atoms with E-state index >= 15 is 0 Å². The summed E-state index contributed by atoms with van der Waals surface area (Å²) in [6.45, 7) is 4.26. The van der Waals surface area contributed by atoms with Crippen molar-refractivity contribution in [1.82, 2.24) is 0 Å². The molecule has 1 aliphatic rings. The Morgan fingerprint density at radius 2 is 1.96 bits per heavy atom. The number of amides is 1. The minimum Gasteiger partial charge on any atom is -0.325 e. The zero-order chi connectivity index (χ0) is 19.6. The molecule has 2 aromatic rings. The first kappa shape index (κ1) is 19.7. The van der Waals surface area contributed by atoms with E-state index < -0.39 is 10.0 Å². The van der Waals surface area contributed by atoms with Crippen molar-refractivity contribution in [2.45, 2.75) is 18.7 Å². The van der Waals surface area contributed by atoms with E-state index in [1.807, 2.05) is 13.8 Å². The van der Waals surface area contributed by atoms with Crippen LogP contribution in [-0.4, -0.2) is 31.8 Å². The Morgan fingerprint density at radius 3 is 2.70 bits per heavy atom. The first-order chi connectivity index (χ1) is 12.8. The molecule has 0 atom stereocenters. The Balaban J connectivity index is 1.76. The summed E-state index contributed by atoms with van der Waals surface area (Å²) in [5.74, 6) is -0.237. The highest BCUT2D eigenvalue weighted by Crippen LogP contribution is 2.33. The lowest BCUT2D eigenvalue weighted by molar-refractivity contribution is -0.113. The molecule has 0 saturated heterocycles. The van der Waals surface area contributed by atoms with Crippen molar-refractivity contribution < 1.29 is 13.2 Å². The highest BCUT2D eigenvalue weighted by molar-refractivity contribution is 8.15. The summed E-state index contributed by atoms with van der Waals surface area (Å²) in [5.41, 5.74) is 1.98. The van der Waals surface area contributed by atoms with E-state index in [-0.39, 0.29) is 21.7 Å². The number of amidine groups is 1. The summed E-state index contributed by atoms with van der Waals surface area (Å²) < 4.78 is 28.7. The molecule has 2 aromatic carbocycles. The van der Waals surface area contributed by atoms with Gasteiger partial charge in [0.2, 0.25) is 5.91 Å². The monoisotopic (exact) mass is 423 g/mol. The van der Waals surface area contributed by atoms with Gasteiger partial charge in [-0.05, 0) is 43.7 Å². The van der Waals surface area contributed by atoms with Crippen LogP contribution in [-0.2, 0) is 14.8 Å². The van der Waals surface area contributed by atoms with E-state index in [9.17, 15) is 13.2 Å². The van der Waals surface area contributed by atoms with Gasteiger partial charge in [-0.2, -0.15) is 8.42 Å². The molecule has 0 fully saturated rings. The predicted molar refractivity (Wildman–Crippen MR) is 111 cm³/mol. The molecule has 0 aliphatic carbocycles. The number of anilines is 2. The highest BCUT2D eigenvalue weighted by Gasteiger charge is 2.30. The lowest BCUT2D eigenvalue weighted by Gasteiger charge is -2.29. The van der Waals surface area contributed by atoms with Gasteiger partial charge in [0.1, 0.15) is 4.90 Å². The summed E-state index contributed by atoms with van der Waals surface area (Å²) in [6, 6.07) is 12.0. The largest absolute Gasteiger partial charge is 0.325 e. The van der Waals surface area contributed by atoms with Gasteiger partial charge >= 0.3 is 0 Å². The Morgan fingerprint density at radius 1 is 1.22 bits per heavy atom. The first-order valence-corrected chi connectivity index (χ1v) is 11.0. The predicted octanol–water partition coefficient (Wildman–Crippen LogP) is 3.90. The number of rotatable bonds is 4. The van der Waals surface area contributed by atoms with Crippen molar-refractivity contribution >= 4 is 55.8 Å². The molecule has 1 amide bonds. The third-order valence-corrected chi connectivity index (χ3v) is 6.87. The van der Waals surface area contributed by atoms with Gasteiger partial charge in [0, 0.05) is 17.3 Å². The summed E-state index contributed by atoms with van der Waals surface area (Å²) in [6.07, 6.45) is 0. The maximum absolute atomic E-state index is 12.4. The number of carbonyl (C=O) groups is 1. The number of nitrogens with one attached hydrogen (secondary N) is 1. The molecule has 6 nitrogen and oxygen atoms in total. The second kappa shape index (κ2) is 7.92. The highest BCUT2D eigenvalue weighted by atomic mass is 35.5. The Labute approximate surface area is 167 Å². The van der Waals surface area contributed by atoms with E-state index in [2.05, 4.69) is 9.71 Å². The molecule has 142 valence electrons. The molecule has 1 N–H and O–H groups in total. The maximum Gasteiger partial charge on any atom is 0.286 e. The zero-order valence-electron chi connectivity index (χ0n) is 14.8. The lowest BCUT2D eigenvalue weighted by Crippen LogP contribution is -2.34. The first-order valence-electron chi connectivity index (χ1n) is 8.23. The van der Waals surface area contributed by atoms with Crippen LogP contribution in [0.1, 0.15) is 12.5 Å².